The number of nitrogens with two attached hydrogens (primary N) is 1. The van der Waals surface area contributed by atoms with E-state index in [-0.39, 0.29) is 0 Å². The normalized spacial score (nSPS) is 26.0. The Labute approximate surface area is 75.5 Å². The van der Waals surface area contributed by atoms with Gasteiger partial charge in [-0.05, 0) is 38.1 Å². The molecular formula is C10H21NO. The van der Waals surface area contributed by atoms with Gasteiger partial charge in [0.2, 0.25) is 0 Å². The van der Waals surface area contributed by atoms with Crippen molar-refractivity contribution in [2.24, 2.45) is 11.7 Å². The third-order valence-electron chi connectivity index (χ3n) is 2.65. The van der Waals surface area contributed by atoms with E-state index in [1.807, 2.05) is 0 Å². The molecule has 1 aliphatic heterocycles. The molecule has 0 aliphatic carbocycles. The zero-order chi connectivity index (χ0) is 8.81. The van der Waals surface area contributed by atoms with Crippen molar-refractivity contribution >= 4 is 0 Å². The number of rotatable bonds is 5. The number of hydrogen-bond donors (Lipinski definition) is 1. The van der Waals surface area contributed by atoms with Crippen molar-refractivity contribution in [2.75, 3.05) is 13.2 Å². The van der Waals surface area contributed by atoms with Gasteiger partial charge in [0.25, 0.3) is 0 Å². The van der Waals surface area contributed by atoms with Crippen LogP contribution in [-0.2, 0) is 4.74 Å². The molecule has 0 aromatic rings. The van der Waals surface area contributed by atoms with Crippen LogP contribution in [0.5, 0.6) is 0 Å². The molecule has 2 N–H and O–H groups in total. The lowest BCUT2D eigenvalue weighted by Crippen LogP contribution is -2.20. The Hall–Kier alpha value is -0.0800. The van der Waals surface area contributed by atoms with Crippen LogP contribution in [0, 0.1) is 5.92 Å². The van der Waals surface area contributed by atoms with E-state index >= 15 is 0 Å². The maximum Gasteiger partial charge on any atom is 0.0579 e. The molecule has 0 spiro atoms. The fourth-order valence-electron chi connectivity index (χ4n) is 1.94. The number of ether oxygens (including phenoxy) is 1. The molecule has 0 radical (unpaired) electrons. The predicted octanol–water partition coefficient (Wildman–Crippen LogP) is 1.93. The second-order valence-electron chi connectivity index (χ2n) is 3.76. The van der Waals surface area contributed by atoms with E-state index in [1.165, 1.54) is 32.1 Å². The third kappa shape index (κ3) is 3.11. The van der Waals surface area contributed by atoms with Crippen LogP contribution in [-0.4, -0.2) is 19.3 Å². The Bertz CT molecular complexity index is 110. The highest BCUT2D eigenvalue weighted by Gasteiger charge is 2.19. The fraction of sp³-hybridized carbons (Fsp3) is 1.00. The zero-order valence-electron chi connectivity index (χ0n) is 8.09. The van der Waals surface area contributed by atoms with Gasteiger partial charge < -0.3 is 10.5 Å². The van der Waals surface area contributed by atoms with Crippen LogP contribution in [0.25, 0.3) is 0 Å². The maximum atomic E-state index is 5.68. The highest BCUT2D eigenvalue weighted by Crippen LogP contribution is 2.21. The Kier molecular flexibility index (Phi) is 4.62. The summed E-state index contributed by atoms with van der Waals surface area (Å²) in [6, 6.07) is 0. The first-order valence-electron chi connectivity index (χ1n) is 5.18. The lowest BCUT2D eigenvalue weighted by Gasteiger charge is -2.17. The highest BCUT2D eigenvalue weighted by atomic mass is 16.5. The third-order valence-corrected chi connectivity index (χ3v) is 2.65. The fourth-order valence-corrected chi connectivity index (χ4v) is 1.94. The minimum Gasteiger partial charge on any atom is -0.378 e. The molecule has 0 amide bonds. The van der Waals surface area contributed by atoms with Crippen molar-refractivity contribution < 1.29 is 4.74 Å². The van der Waals surface area contributed by atoms with E-state index in [2.05, 4.69) is 6.92 Å². The molecule has 1 heterocycles. The van der Waals surface area contributed by atoms with Crippen molar-refractivity contribution in [1.82, 2.24) is 0 Å². The zero-order valence-corrected chi connectivity index (χ0v) is 8.09. The molecule has 12 heavy (non-hydrogen) atoms. The van der Waals surface area contributed by atoms with Crippen LogP contribution in [0.3, 0.4) is 0 Å². The molecule has 72 valence electrons. The van der Waals surface area contributed by atoms with Crippen LogP contribution in [0.15, 0.2) is 0 Å². The van der Waals surface area contributed by atoms with Gasteiger partial charge in [-0.3, -0.25) is 0 Å². The van der Waals surface area contributed by atoms with Crippen LogP contribution in [0.1, 0.15) is 39.0 Å². The lowest BCUT2D eigenvalue weighted by molar-refractivity contribution is 0.0891. The Morgan fingerprint density at radius 3 is 2.92 bits per heavy atom. The molecule has 1 saturated heterocycles. The minimum atomic E-state index is 0.519. The monoisotopic (exact) mass is 171 g/mol. The van der Waals surface area contributed by atoms with Gasteiger partial charge in [0.15, 0.2) is 0 Å². The van der Waals surface area contributed by atoms with E-state index in [0.29, 0.717) is 12.0 Å². The molecule has 1 fully saturated rings. The Balaban J connectivity index is 2.16. The second kappa shape index (κ2) is 5.55. The van der Waals surface area contributed by atoms with E-state index in [4.69, 9.17) is 10.5 Å². The summed E-state index contributed by atoms with van der Waals surface area (Å²) < 4.78 is 5.58. The largest absolute Gasteiger partial charge is 0.378 e. The molecule has 1 aliphatic rings. The molecule has 2 nitrogen and oxygen atoms in total. The summed E-state index contributed by atoms with van der Waals surface area (Å²) in [7, 11) is 0. The van der Waals surface area contributed by atoms with E-state index < -0.39 is 0 Å². The van der Waals surface area contributed by atoms with Gasteiger partial charge in [-0.25, -0.2) is 0 Å². The summed E-state index contributed by atoms with van der Waals surface area (Å²) in [5.41, 5.74) is 5.68. The van der Waals surface area contributed by atoms with Crippen LogP contribution in [0.2, 0.25) is 0 Å². The van der Waals surface area contributed by atoms with Gasteiger partial charge in [0.1, 0.15) is 0 Å². The van der Waals surface area contributed by atoms with Gasteiger partial charge in [-0.2, -0.15) is 0 Å². The van der Waals surface area contributed by atoms with Gasteiger partial charge in [-0.1, -0.05) is 13.3 Å². The Morgan fingerprint density at radius 1 is 1.58 bits per heavy atom. The molecule has 0 saturated carbocycles. The first-order chi connectivity index (χ1) is 5.86. The van der Waals surface area contributed by atoms with E-state index in [9.17, 15) is 0 Å². The molecule has 0 aromatic heterocycles. The van der Waals surface area contributed by atoms with Gasteiger partial charge in [0.05, 0.1) is 6.10 Å². The minimum absolute atomic E-state index is 0.519. The molecule has 2 heteroatoms. The summed E-state index contributed by atoms with van der Waals surface area (Å²) in [6.07, 6.45) is 6.70. The van der Waals surface area contributed by atoms with Crippen molar-refractivity contribution in [1.29, 1.82) is 0 Å². The van der Waals surface area contributed by atoms with Crippen molar-refractivity contribution in [3.63, 3.8) is 0 Å². The van der Waals surface area contributed by atoms with Crippen LogP contribution in [0.4, 0.5) is 0 Å². The quantitative estimate of drug-likeness (QED) is 0.686. The topological polar surface area (TPSA) is 35.2 Å². The summed E-state index contributed by atoms with van der Waals surface area (Å²) in [4.78, 5) is 0. The van der Waals surface area contributed by atoms with Gasteiger partial charge in [-0.15, -0.1) is 0 Å². The molecule has 0 aromatic carbocycles. The first kappa shape index (κ1) is 10.0. The second-order valence-corrected chi connectivity index (χ2v) is 3.76. The molecule has 0 bridgehead atoms. The predicted molar refractivity (Wildman–Crippen MR) is 51.0 cm³/mol. The lowest BCUT2D eigenvalue weighted by atomic mass is 9.96. The SMILES string of the molecule is CCCC(CN)CC1CCCO1. The molecule has 2 unspecified atom stereocenters. The van der Waals surface area contributed by atoms with Crippen LogP contribution >= 0.6 is 0 Å². The van der Waals surface area contributed by atoms with Gasteiger partial charge >= 0.3 is 0 Å². The van der Waals surface area contributed by atoms with Crippen molar-refractivity contribution in [2.45, 2.75) is 45.1 Å². The summed E-state index contributed by atoms with van der Waals surface area (Å²) in [5.74, 6) is 0.693. The summed E-state index contributed by atoms with van der Waals surface area (Å²) in [5, 5.41) is 0. The van der Waals surface area contributed by atoms with E-state index in [0.717, 1.165) is 13.2 Å². The van der Waals surface area contributed by atoms with Crippen molar-refractivity contribution in [3.8, 4) is 0 Å². The average molecular weight is 171 g/mol. The molecule has 1 rings (SSSR count). The van der Waals surface area contributed by atoms with Crippen LogP contribution < -0.4 is 5.73 Å². The number of hydrogen-bond acceptors (Lipinski definition) is 2. The van der Waals surface area contributed by atoms with E-state index in [1.54, 1.807) is 0 Å². The molecular weight excluding hydrogens is 150 g/mol. The maximum absolute atomic E-state index is 5.68. The molecule has 2 atom stereocenters. The summed E-state index contributed by atoms with van der Waals surface area (Å²) in [6.45, 7) is 4.01. The Morgan fingerprint density at radius 2 is 2.42 bits per heavy atom. The smallest absolute Gasteiger partial charge is 0.0579 e. The van der Waals surface area contributed by atoms with Crippen molar-refractivity contribution in [3.05, 3.63) is 0 Å². The highest BCUT2D eigenvalue weighted by molar-refractivity contribution is 4.70. The average Bonchev–Trinajstić information content (AvgIpc) is 2.56. The standard InChI is InChI=1S/C10H21NO/c1-2-4-9(8-11)7-10-5-3-6-12-10/h9-10H,2-8,11H2,1H3. The first-order valence-corrected chi connectivity index (χ1v) is 5.18. The van der Waals surface area contributed by atoms with Gasteiger partial charge in [0, 0.05) is 6.61 Å². The summed E-state index contributed by atoms with van der Waals surface area (Å²) >= 11 is 0.